The molecule has 0 saturated carbocycles. The fourth-order valence-corrected chi connectivity index (χ4v) is 2.72. The molecule has 5 nitrogen and oxygen atoms in total. The van der Waals surface area contributed by atoms with Crippen LogP contribution in [0.3, 0.4) is 0 Å². The Hall–Kier alpha value is -2.25. The van der Waals surface area contributed by atoms with Gasteiger partial charge in [0.1, 0.15) is 11.9 Å². The van der Waals surface area contributed by atoms with Gasteiger partial charge in [-0.05, 0) is 48.2 Å². The number of aryl methyl sites for hydroxylation is 1. The minimum absolute atomic E-state index is 0.0585. The number of amides is 2. The Morgan fingerprint density at radius 1 is 1.23 bits per heavy atom. The topological polar surface area (TPSA) is 78.4 Å². The van der Waals surface area contributed by atoms with E-state index < -0.39 is 23.7 Å². The first-order valence-corrected chi connectivity index (χ1v) is 7.42. The molecule has 3 N–H and O–H groups in total. The molecule has 1 aromatic heterocycles. The van der Waals surface area contributed by atoms with Crippen LogP contribution >= 0.6 is 11.3 Å². The summed E-state index contributed by atoms with van der Waals surface area (Å²) in [5.41, 5.74) is 1.25. The van der Waals surface area contributed by atoms with Crippen LogP contribution in [-0.2, 0) is 9.59 Å². The van der Waals surface area contributed by atoms with Crippen LogP contribution in [0.2, 0.25) is 0 Å². The van der Waals surface area contributed by atoms with E-state index in [0.29, 0.717) is 5.69 Å². The SMILES string of the molecule is Cc1ccsc1C(O)CNC(=O)C(=O)Nc1ccc(F)cc1. The van der Waals surface area contributed by atoms with Gasteiger partial charge in [0.15, 0.2) is 0 Å². The van der Waals surface area contributed by atoms with Crippen LogP contribution < -0.4 is 10.6 Å². The van der Waals surface area contributed by atoms with Crippen molar-refractivity contribution in [3.8, 4) is 0 Å². The third kappa shape index (κ3) is 4.12. The summed E-state index contributed by atoms with van der Waals surface area (Å²) in [6.07, 6.45) is -0.859. The summed E-state index contributed by atoms with van der Waals surface area (Å²) < 4.78 is 12.7. The molecule has 22 heavy (non-hydrogen) atoms. The zero-order valence-corrected chi connectivity index (χ0v) is 12.6. The van der Waals surface area contributed by atoms with E-state index in [1.165, 1.54) is 35.6 Å². The van der Waals surface area contributed by atoms with Crippen LogP contribution in [0.5, 0.6) is 0 Å². The number of carbonyl (C=O) groups excluding carboxylic acids is 2. The molecule has 116 valence electrons. The van der Waals surface area contributed by atoms with E-state index in [0.717, 1.165) is 10.4 Å². The zero-order valence-electron chi connectivity index (χ0n) is 11.8. The molecular formula is C15H15FN2O3S. The molecule has 0 aliphatic rings. The summed E-state index contributed by atoms with van der Waals surface area (Å²) >= 11 is 1.38. The van der Waals surface area contributed by atoms with Gasteiger partial charge >= 0.3 is 11.8 Å². The predicted octanol–water partition coefficient (Wildman–Crippen LogP) is 1.98. The highest BCUT2D eigenvalue weighted by Crippen LogP contribution is 2.23. The van der Waals surface area contributed by atoms with Crippen molar-refractivity contribution in [2.24, 2.45) is 0 Å². The Labute approximate surface area is 130 Å². The summed E-state index contributed by atoms with van der Waals surface area (Å²) in [6, 6.07) is 6.93. The van der Waals surface area contributed by atoms with Crippen molar-refractivity contribution in [2.45, 2.75) is 13.0 Å². The zero-order chi connectivity index (χ0) is 16.1. The number of aliphatic hydroxyl groups is 1. The third-order valence-electron chi connectivity index (χ3n) is 2.97. The highest BCUT2D eigenvalue weighted by molar-refractivity contribution is 7.10. The number of thiophene rings is 1. The summed E-state index contributed by atoms with van der Waals surface area (Å²) in [7, 11) is 0. The van der Waals surface area contributed by atoms with Crippen molar-refractivity contribution in [3.63, 3.8) is 0 Å². The lowest BCUT2D eigenvalue weighted by Crippen LogP contribution is -2.37. The van der Waals surface area contributed by atoms with E-state index in [2.05, 4.69) is 10.6 Å². The summed E-state index contributed by atoms with van der Waals surface area (Å²) in [6.45, 7) is 1.80. The molecule has 0 radical (unpaired) electrons. The average molecular weight is 322 g/mol. The fourth-order valence-electron chi connectivity index (χ4n) is 1.81. The van der Waals surface area contributed by atoms with Gasteiger partial charge in [0.05, 0.1) is 0 Å². The lowest BCUT2D eigenvalue weighted by Gasteiger charge is -2.11. The van der Waals surface area contributed by atoms with Gasteiger partial charge in [-0.25, -0.2) is 4.39 Å². The molecule has 1 aromatic carbocycles. The van der Waals surface area contributed by atoms with Crippen molar-refractivity contribution in [1.29, 1.82) is 0 Å². The maximum absolute atomic E-state index is 12.7. The first kappa shape index (κ1) is 16.1. The smallest absolute Gasteiger partial charge is 0.313 e. The molecule has 0 bridgehead atoms. The van der Waals surface area contributed by atoms with Gasteiger partial charge in [0, 0.05) is 17.1 Å². The number of nitrogens with one attached hydrogen (secondary N) is 2. The molecule has 1 atom stereocenters. The van der Waals surface area contributed by atoms with Crippen molar-refractivity contribution >= 4 is 28.8 Å². The van der Waals surface area contributed by atoms with E-state index in [4.69, 9.17) is 0 Å². The van der Waals surface area contributed by atoms with Crippen LogP contribution in [0.4, 0.5) is 10.1 Å². The minimum atomic E-state index is -0.873. The molecule has 1 heterocycles. The van der Waals surface area contributed by atoms with E-state index in [1.807, 2.05) is 18.4 Å². The molecule has 0 saturated heterocycles. The second kappa shape index (κ2) is 7.15. The summed E-state index contributed by atoms with van der Waals surface area (Å²) in [4.78, 5) is 24.1. The number of hydrogen-bond acceptors (Lipinski definition) is 4. The molecule has 1 unspecified atom stereocenters. The van der Waals surface area contributed by atoms with E-state index >= 15 is 0 Å². The van der Waals surface area contributed by atoms with Gasteiger partial charge < -0.3 is 15.7 Å². The van der Waals surface area contributed by atoms with Crippen molar-refractivity contribution in [3.05, 3.63) is 52.0 Å². The van der Waals surface area contributed by atoms with Gasteiger partial charge in [-0.3, -0.25) is 9.59 Å². The number of aliphatic hydroxyl groups excluding tert-OH is 1. The van der Waals surface area contributed by atoms with Gasteiger partial charge in [0.2, 0.25) is 0 Å². The lowest BCUT2D eigenvalue weighted by atomic mass is 10.2. The van der Waals surface area contributed by atoms with Crippen molar-refractivity contribution in [2.75, 3.05) is 11.9 Å². The Balaban J connectivity index is 1.85. The summed E-state index contributed by atoms with van der Waals surface area (Å²) in [5, 5.41) is 16.5. The van der Waals surface area contributed by atoms with E-state index in [-0.39, 0.29) is 6.54 Å². The molecule has 2 aromatic rings. The van der Waals surface area contributed by atoms with E-state index in [1.54, 1.807) is 0 Å². The van der Waals surface area contributed by atoms with Crippen LogP contribution in [0.25, 0.3) is 0 Å². The summed E-state index contributed by atoms with van der Waals surface area (Å²) in [5.74, 6) is -2.17. The number of halogens is 1. The maximum atomic E-state index is 12.7. The largest absolute Gasteiger partial charge is 0.386 e. The molecule has 0 aliphatic carbocycles. The Bertz CT molecular complexity index is 670. The number of carbonyl (C=O) groups is 2. The lowest BCUT2D eigenvalue weighted by molar-refractivity contribution is -0.136. The maximum Gasteiger partial charge on any atom is 0.313 e. The monoisotopic (exact) mass is 322 g/mol. The second-order valence-electron chi connectivity index (χ2n) is 4.65. The Morgan fingerprint density at radius 2 is 1.91 bits per heavy atom. The quantitative estimate of drug-likeness (QED) is 0.753. The molecule has 2 rings (SSSR count). The normalized spacial score (nSPS) is 11.8. The van der Waals surface area contributed by atoms with Gasteiger partial charge in [-0.2, -0.15) is 0 Å². The van der Waals surface area contributed by atoms with Gasteiger partial charge in [-0.1, -0.05) is 0 Å². The van der Waals surface area contributed by atoms with Crippen molar-refractivity contribution < 1.29 is 19.1 Å². The highest BCUT2D eigenvalue weighted by atomic mass is 32.1. The first-order chi connectivity index (χ1) is 10.5. The number of hydrogen-bond donors (Lipinski definition) is 3. The van der Waals surface area contributed by atoms with Crippen LogP contribution in [-0.4, -0.2) is 23.5 Å². The molecule has 0 spiro atoms. The van der Waals surface area contributed by atoms with Crippen molar-refractivity contribution in [1.82, 2.24) is 5.32 Å². The predicted molar refractivity (Wildman–Crippen MR) is 82.1 cm³/mol. The highest BCUT2D eigenvalue weighted by Gasteiger charge is 2.17. The van der Waals surface area contributed by atoms with Crippen LogP contribution in [0.15, 0.2) is 35.7 Å². The number of benzene rings is 1. The number of rotatable bonds is 4. The Morgan fingerprint density at radius 3 is 2.50 bits per heavy atom. The second-order valence-corrected chi connectivity index (χ2v) is 5.60. The molecule has 2 amide bonds. The van der Waals surface area contributed by atoms with Gasteiger partial charge in [-0.15, -0.1) is 11.3 Å². The molecule has 7 heteroatoms. The fraction of sp³-hybridized carbons (Fsp3) is 0.200. The number of anilines is 1. The molecular weight excluding hydrogens is 307 g/mol. The molecule has 0 fully saturated rings. The van der Waals surface area contributed by atoms with Gasteiger partial charge in [0.25, 0.3) is 0 Å². The van der Waals surface area contributed by atoms with Crippen LogP contribution in [0.1, 0.15) is 16.5 Å². The van der Waals surface area contributed by atoms with E-state index in [9.17, 15) is 19.1 Å². The minimum Gasteiger partial charge on any atom is -0.386 e. The van der Waals surface area contributed by atoms with Crippen LogP contribution in [0, 0.1) is 12.7 Å². The third-order valence-corrected chi connectivity index (χ3v) is 4.09. The molecule has 0 aliphatic heterocycles. The average Bonchev–Trinajstić information content (AvgIpc) is 2.93. The Kier molecular flexibility index (Phi) is 5.24. The standard InChI is InChI=1S/C15H15FN2O3S/c1-9-6-7-22-13(9)12(19)8-17-14(20)15(21)18-11-4-2-10(16)3-5-11/h2-7,12,19H,8H2,1H3,(H,17,20)(H,18,21). The first-order valence-electron chi connectivity index (χ1n) is 6.54.